The van der Waals surface area contributed by atoms with Gasteiger partial charge in [0.1, 0.15) is 6.04 Å². The molecule has 0 bridgehead atoms. The van der Waals surface area contributed by atoms with E-state index in [4.69, 9.17) is 5.11 Å². The zero-order valence-electron chi connectivity index (χ0n) is 12.1. The number of nitrogens with zero attached hydrogens (tertiary/aromatic N) is 2. The van der Waals surface area contributed by atoms with Crippen LogP contribution in [0, 0.1) is 5.41 Å². The summed E-state index contributed by atoms with van der Waals surface area (Å²) in [5.74, 6) is -1.59. The average Bonchev–Trinajstić information content (AvgIpc) is 2.67. The Hall–Kier alpha value is -2.12. The van der Waals surface area contributed by atoms with Crippen LogP contribution < -0.4 is 5.32 Å². The summed E-state index contributed by atoms with van der Waals surface area (Å²) in [5, 5.41) is 11.7. The quantitative estimate of drug-likeness (QED) is 0.677. The van der Waals surface area contributed by atoms with Gasteiger partial charge in [-0.3, -0.25) is 19.3 Å². The molecule has 0 aromatic heterocycles. The second-order valence-corrected chi connectivity index (χ2v) is 5.85. The zero-order valence-corrected chi connectivity index (χ0v) is 12.1. The van der Waals surface area contributed by atoms with Crippen LogP contribution in [-0.4, -0.2) is 64.9 Å². The number of likely N-dealkylation sites (N-methyl/N-ethyl adjacent to an activating group) is 1. The summed E-state index contributed by atoms with van der Waals surface area (Å²) in [6, 6.07) is -1.24. The highest BCUT2D eigenvalue weighted by Gasteiger charge is 2.40. The summed E-state index contributed by atoms with van der Waals surface area (Å²) in [6.07, 6.45) is 0.710. The van der Waals surface area contributed by atoms with E-state index in [2.05, 4.69) is 5.32 Å². The molecule has 0 aromatic rings. The van der Waals surface area contributed by atoms with Crippen LogP contribution >= 0.6 is 0 Å². The Kier molecular flexibility index (Phi) is 3.89. The molecule has 0 spiro atoms. The highest BCUT2D eigenvalue weighted by molar-refractivity contribution is 6.06. The van der Waals surface area contributed by atoms with Gasteiger partial charge in [-0.15, -0.1) is 0 Å². The van der Waals surface area contributed by atoms with Gasteiger partial charge >= 0.3 is 12.0 Å². The van der Waals surface area contributed by atoms with Crippen molar-refractivity contribution < 1.29 is 24.3 Å². The minimum Gasteiger partial charge on any atom is -0.481 e. The van der Waals surface area contributed by atoms with E-state index in [1.165, 1.54) is 11.9 Å². The number of amides is 4. The largest absolute Gasteiger partial charge is 0.481 e. The van der Waals surface area contributed by atoms with Gasteiger partial charge < -0.3 is 15.3 Å². The van der Waals surface area contributed by atoms with Crippen LogP contribution in [0.4, 0.5) is 4.79 Å². The van der Waals surface area contributed by atoms with Crippen molar-refractivity contribution in [3.8, 4) is 0 Å². The molecule has 116 valence electrons. The third-order valence-electron chi connectivity index (χ3n) is 4.35. The molecule has 8 nitrogen and oxygen atoms in total. The number of imide groups is 1. The number of piperidine rings is 1. The second-order valence-electron chi connectivity index (χ2n) is 5.85. The Morgan fingerprint density at radius 1 is 1.29 bits per heavy atom. The lowest BCUT2D eigenvalue weighted by Gasteiger charge is -2.36. The first-order valence-electron chi connectivity index (χ1n) is 6.84. The van der Waals surface area contributed by atoms with Gasteiger partial charge in [-0.05, 0) is 19.8 Å². The normalized spacial score (nSPS) is 25.1. The van der Waals surface area contributed by atoms with Gasteiger partial charge in [-0.2, -0.15) is 0 Å². The van der Waals surface area contributed by atoms with Gasteiger partial charge in [0.2, 0.25) is 5.91 Å². The molecule has 8 heteroatoms. The lowest BCUT2D eigenvalue weighted by atomic mass is 9.80. The standard InChI is InChI=1S/C13H19N3O5/c1-13(11(19)20)3-5-16(6-4-13)12(21)14-8-7-9(17)15(2)10(8)18/h8H,3-7H2,1-2H3,(H,14,21)(H,19,20). The van der Waals surface area contributed by atoms with Crippen LogP contribution in [0.3, 0.4) is 0 Å². The van der Waals surface area contributed by atoms with Crippen molar-refractivity contribution in [2.24, 2.45) is 5.41 Å². The van der Waals surface area contributed by atoms with Crippen LogP contribution in [0.1, 0.15) is 26.2 Å². The number of carbonyl (C=O) groups excluding carboxylic acids is 3. The SMILES string of the molecule is CN1C(=O)CC(NC(=O)N2CCC(C)(C(=O)O)CC2)C1=O. The molecule has 2 heterocycles. The number of aliphatic carboxylic acids is 1. The van der Waals surface area contributed by atoms with Gasteiger partial charge in [-0.1, -0.05) is 0 Å². The molecule has 0 aromatic carbocycles. The number of rotatable bonds is 2. The fraction of sp³-hybridized carbons (Fsp3) is 0.692. The van der Waals surface area contributed by atoms with Gasteiger partial charge in [0.25, 0.3) is 5.91 Å². The lowest BCUT2D eigenvalue weighted by molar-refractivity contribution is -0.150. The van der Waals surface area contributed by atoms with E-state index in [9.17, 15) is 19.2 Å². The molecule has 0 aliphatic carbocycles. The van der Waals surface area contributed by atoms with Gasteiger partial charge in [0.15, 0.2) is 0 Å². The maximum Gasteiger partial charge on any atom is 0.318 e. The minimum atomic E-state index is -0.860. The van der Waals surface area contributed by atoms with E-state index in [0.717, 1.165) is 4.90 Å². The molecule has 0 radical (unpaired) electrons. The molecule has 4 amide bonds. The number of likely N-dealkylation sites (tertiary alicyclic amines) is 2. The molecular weight excluding hydrogens is 278 g/mol. The summed E-state index contributed by atoms with van der Waals surface area (Å²) in [5.41, 5.74) is -0.809. The molecule has 0 saturated carbocycles. The first-order chi connectivity index (χ1) is 9.74. The maximum absolute atomic E-state index is 12.1. The number of nitrogens with one attached hydrogen (secondary N) is 1. The number of carboxylic acid groups (broad SMARTS) is 1. The summed E-state index contributed by atoms with van der Waals surface area (Å²) >= 11 is 0. The molecule has 21 heavy (non-hydrogen) atoms. The molecular formula is C13H19N3O5. The molecule has 2 aliphatic heterocycles. The Balaban J connectivity index is 1.90. The summed E-state index contributed by atoms with van der Waals surface area (Å²) in [6.45, 7) is 2.30. The Morgan fingerprint density at radius 3 is 2.29 bits per heavy atom. The topological polar surface area (TPSA) is 107 Å². The predicted octanol–water partition coefficient (Wildman–Crippen LogP) is -0.360. The number of carbonyl (C=O) groups is 4. The van der Waals surface area contributed by atoms with Crippen LogP contribution in [0.25, 0.3) is 0 Å². The monoisotopic (exact) mass is 297 g/mol. The van der Waals surface area contributed by atoms with Gasteiger partial charge in [-0.25, -0.2) is 4.79 Å². The van der Waals surface area contributed by atoms with Crippen LogP contribution in [0.15, 0.2) is 0 Å². The van der Waals surface area contributed by atoms with Crippen molar-refractivity contribution in [1.82, 2.24) is 15.1 Å². The maximum atomic E-state index is 12.1. The third kappa shape index (κ3) is 2.84. The number of hydrogen-bond acceptors (Lipinski definition) is 4. The fourth-order valence-corrected chi connectivity index (χ4v) is 2.53. The van der Waals surface area contributed by atoms with E-state index < -0.39 is 29.4 Å². The van der Waals surface area contributed by atoms with Crippen molar-refractivity contribution in [1.29, 1.82) is 0 Å². The number of hydrogen-bond donors (Lipinski definition) is 2. The Bertz CT molecular complexity index is 496. The van der Waals surface area contributed by atoms with E-state index in [0.29, 0.717) is 25.9 Å². The predicted molar refractivity (Wildman–Crippen MR) is 71.3 cm³/mol. The first-order valence-corrected chi connectivity index (χ1v) is 6.84. The molecule has 2 N–H and O–H groups in total. The molecule has 2 rings (SSSR count). The molecule has 2 aliphatic rings. The van der Waals surface area contributed by atoms with Crippen molar-refractivity contribution in [3.05, 3.63) is 0 Å². The molecule has 2 saturated heterocycles. The highest BCUT2D eigenvalue weighted by Crippen LogP contribution is 2.31. The van der Waals surface area contributed by atoms with Gasteiger partial charge in [0, 0.05) is 20.1 Å². The summed E-state index contributed by atoms with van der Waals surface area (Å²) < 4.78 is 0. The highest BCUT2D eigenvalue weighted by atomic mass is 16.4. The number of urea groups is 1. The van der Waals surface area contributed by atoms with Crippen LogP contribution in [-0.2, 0) is 14.4 Å². The van der Waals surface area contributed by atoms with E-state index >= 15 is 0 Å². The minimum absolute atomic E-state index is 0.0260. The lowest BCUT2D eigenvalue weighted by Crippen LogP contribution is -2.52. The fourth-order valence-electron chi connectivity index (χ4n) is 2.53. The molecule has 2 fully saturated rings. The molecule has 1 atom stereocenters. The Morgan fingerprint density at radius 2 is 1.86 bits per heavy atom. The van der Waals surface area contributed by atoms with E-state index in [1.54, 1.807) is 6.92 Å². The van der Waals surface area contributed by atoms with E-state index in [1.807, 2.05) is 0 Å². The van der Waals surface area contributed by atoms with Crippen molar-refractivity contribution in [2.75, 3.05) is 20.1 Å². The van der Waals surface area contributed by atoms with Crippen molar-refractivity contribution in [2.45, 2.75) is 32.2 Å². The smallest absolute Gasteiger partial charge is 0.318 e. The van der Waals surface area contributed by atoms with Crippen LogP contribution in [0.2, 0.25) is 0 Å². The van der Waals surface area contributed by atoms with Crippen molar-refractivity contribution >= 4 is 23.8 Å². The Labute approximate surface area is 122 Å². The van der Waals surface area contributed by atoms with Gasteiger partial charge in [0.05, 0.1) is 11.8 Å². The van der Waals surface area contributed by atoms with Crippen LogP contribution in [0.5, 0.6) is 0 Å². The third-order valence-corrected chi connectivity index (χ3v) is 4.35. The summed E-state index contributed by atoms with van der Waals surface area (Å²) in [4.78, 5) is 48.8. The van der Waals surface area contributed by atoms with E-state index in [-0.39, 0.29) is 12.3 Å². The molecule has 1 unspecified atom stereocenters. The van der Waals surface area contributed by atoms with Crippen molar-refractivity contribution in [3.63, 3.8) is 0 Å². The summed E-state index contributed by atoms with van der Waals surface area (Å²) in [7, 11) is 1.38. The average molecular weight is 297 g/mol. The second kappa shape index (κ2) is 5.34. The number of carboxylic acids is 1. The first kappa shape index (κ1) is 15.3. The zero-order chi connectivity index (χ0) is 15.8.